The Morgan fingerprint density at radius 3 is 2.55 bits per heavy atom. The lowest BCUT2D eigenvalue weighted by Gasteiger charge is -2.28. The third-order valence-electron chi connectivity index (χ3n) is 6.00. The quantitative estimate of drug-likeness (QED) is 0.573. The van der Waals surface area contributed by atoms with E-state index in [0.717, 1.165) is 32.0 Å². The number of likely N-dealkylation sites (N-methyl/N-ethyl adjacent to an activating group) is 1. The fourth-order valence-electron chi connectivity index (χ4n) is 4.24. The molecule has 2 heterocycles. The molecule has 0 radical (unpaired) electrons. The van der Waals surface area contributed by atoms with E-state index in [9.17, 15) is 0 Å². The highest BCUT2D eigenvalue weighted by Gasteiger charge is 2.30. The second-order valence-electron chi connectivity index (χ2n) is 7.85. The van der Waals surface area contributed by atoms with E-state index in [1.54, 1.807) is 0 Å². The van der Waals surface area contributed by atoms with Crippen LogP contribution in [-0.2, 0) is 13.0 Å². The minimum Gasteiger partial charge on any atom is -0.339 e. The molecule has 5 nitrogen and oxygen atoms in total. The van der Waals surface area contributed by atoms with Gasteiger partial charge < -0.3 is 4.52 Å². The number of nitrogens with zero attached hydrogens (tertiary/aromatic N) is 4. The van der Waals surface area contributed by atoms with Gasteiger partial charge in [-0.25, -0.2) is 0 Å². The summed E-state index contributed by atoms with van der Waals surface area (Å²) in [6.45, 7) is 8.46. The number of hydrogen-bond acceptors (Lipinski definition) is 5. The summed E-state index contributed by atoms with van der Waals surface area (Å²) in [6, 6.07) is 22.0. The van der Waals surface area contributed by atoms with Gasteiger partial charge in [0.15, 0.2) is 5.82 Å². The molecule has 1 aliphatic heterocycles. The molecule has 2 unspecified atom stereocenters. The summed E-state index contributed by atoms with van der Waals surface area (Å²) in [6.07, 6.45) is 1.87. The lowest BCUT2D eigenvalue weighted by molar-refractivity contribution is 0.175. The first kappa shape index (κ1) is 19.8. The molecule has 2 atom stereocenters. The van der Waals surface area contributed by atoms with Gasteiger partial charge in [0.1, 0.15) is 0 Å². The summed E-state index contributed by atoms with van der Waals surface area (Å²) < 4.78 is 5.50. The zero-order chi connectivity index (χ0) is 20.1. The Morgan fingerprint density at radius 2 is 1.83 bits per heavy atom. The van der Waals surface area contributed by atoms with Crippen LogP contribution in [0.1, 0.15) is 49.2 Å². The molecule has 1 fully saturated rings. The topological polar surface area (TPSA) is 45.4 Å². The van der Waals surface area contributed by atoms with Gasteiger partial charge in [-0.1, -0.05) is 72.7 Å². The van der Waals surface area contributed by atoms with Crippen LogP contribution in [0.15, 0.2) is 65.2 Å². The van der Waals surface area contributed by atoms with E-state index in [2.05, 4.69) is 76.3 Å². The highest BCUT2D eigenvalue weighted by Crippen LogP contribution is 2.27. The van der Waals surface area contributed by atoms with Crippen molar-refractivity contribution in [2.75, 3.05) is 19.6 Å². The van der Waals surface area contributed by atoms with Gasteiger partial charge in [0, 0.05) is 25.2 Å². The summed E-state index contributed by atoms with van der Waals surface area (Å²) in [5.74, 6) is 1.47. The van der Waals surface area contributed by atoms with Crippen LogP contribution < -0.4 is 0 Å². The third kappa shape index (κ3) is 4.92. The van der Waals surface area contributed by atoms with Crippen molar-refractivity contribution in [3.8, 4) is 0 Å². The average Bonchev–Trinajstić information content (AvgIpc) is 3.43. The first-order valence-electron chi connectivity index (χ1n) is 10.6. The van der Waals surface area contributed by atoms with Crippen molar-refractivity contribution >= 4 is 0 Å². The number of likely N-dealkylation sites (tertiary alicyclic amines) is 1. The van der Waals surface area contributed by atoms with Crippen molar-refractivity contribution < 1.29 is 4.52 Å². The Labute approximate surface area is 173 Å². The van der Waals surface area contributed by atoms with E-state index in [0.29, 0.717) is 24.4 Å². The summed E-state index contributed by atoms with van der Waals surface area (Å²) in [4.78, 5) is 9.70. The first-order chi connectivity index (χ1) is 14.2. The smallest absolute Gasteiger partial charge is 0.231 e. The van der Waals surface area contributed by atoms with Crippen molar-refractivity contribution in [3.05, 3.63) is 83.5 Å². The summed E-state index contributed by atoms with van der Waals surface area (Å²) >= 11 is 0. The van der Waals surface area contributed by atoms with Gasteiger partial charge in [-0.2, -0.15) is 4.98 Å². The molecule has 0 aliphatic carbocycles. The Bertz CT molecular complexity index is 880. The Hall–Kier alpha value is -2.50. The predicted octanol–water partition coefficient (Wildman–Crippen LogP) is 4.32. The Kier molecular flexibility index (Phi) is 6.37. The molecule has 5 heteroatoms. The molecule has 152 valence electrons. The normalized spacial score (nSPS) is 18.4. The molecule has 3 aromatic rings. The van der Waals surface area contributed by atoms with Gasteiger partial charge in [0.25, 0.3) is 0 Å². The van der Waals surface area contributed by atoms with Gasteiger partial charge in [-0.15, -0.1) is 0 Å². The van der Waals surface area contributed by atoms with Crippen LogP contribution in [0.25, 0.3) is 0 Å². The van der Waals surface area contributed by atoms with Crippen molar-refractivity contribution in [2.24, 2.45) is 0 Å². The maximum absolute atomic E-state index is 5.50. The van der Waals surface area contributed by atoms with Crippen LogP contribution >= 0.6 is 0 Å². The molecular weight excluding hydrogens is 360 g/mol. The molecule has 0 saturated carbocycles. The fraction of sp³-hybridized carbons (Fsp3) is 0.417. The predicted molar refractivity (Wildman–Crippen MR) is 114 cm³/mol. The average molecular weight is 391 g/mol. The Balaban J connectivity index is 1.35. The molecule has 0 bridgehead atoms. The van der Waals surface area contributed by atoms with Gasteiger partial charge in [0.05, 0.1) is 13.0 Å². The van der Waals surface area contributed by atoms with E-state index in [4.69, 9.17) is 4.52 Å². The summed E-state index contributed by atoms with van der Waals surface area (Å²) in [5.41, 5.74) is 2.58. The Morgan fingerprint density at radius 1 is 1.10 bits per heavy atom. The molecule has 0 spiro atoms. The lowest BCUT2D eigenvalue weighted by Crippen LogP contribution is -2.37. The van der Waals surface area contributed by atoms with Crippen LogP contribution in [0, 0.1) is 0 Å². The maximum Gasteiger partial charge on any atom is 0.231 e. The van der Waals surface area contributed by atoms with Crippen molar-refractivity contribution in [3.63, 3.8) is 0 Å². The van der Waals surface area contributed by atoms with Gasteiger partial charge in [-0.05, 0) is 31.0 Å². The van der Waals surface area contributed by atoms with E-state index >= 15 is 0 Å². The number of aromatic nitrogens is 2. The second kappa shape index (κ2) is 9.33. The molecule has 4 rings (SSSR count). The van der Waals surface area contributed by atoms with E-state index < -0.39 is 0 Å². The largest absolute Gasteiger partial charge is 0.339 e. The van der Waals surface area contributed by atoms with E-state index in [1.165, 1.54) is 17.5 Å². The van der Waals surface area contributed by atoms with Crippen molar-refractivity contribution in [2.45, 2.75) is 45.3 Å². The molecule has 29 heavy (non-hydrogen) atoms. The van der Waals surface area contributed by atoms with Gasteiger partial charge >= 0.3 is 0 Å². The molecule has 0 amide bonds. The third-order valence-corrected chi connectivity index (χ3v) is 6.00. The fourth-order valence-corrected chi connectivity index (χ4v) is 4.24. The summed E-state index contributed by atoms with van der Waals surface area (Å²) in [5, 5.41) is 4.23. The molecule has 1 aromatic heterocycles. The lowest BCUT2D eigenvalue weighted by atomic mass is 10.1. The number of rotatable bonds is 8. The van der Waals surface area contributed by atoms with Gasteiger partial charge in [0.2, 0.25) is 5.89 Å². The number of hydrogen-bond donors (Lipinski definition) is 0. The van der Waals surface area contributed by atoms with Crippen LogP contribution in [0.2, 0.25) is 0 Å². The SMILES string of the molecule is CCN(Cc1noc(Cc2ccccc2)n1)C1CCN(C(C)c2ccccc2)C1. The molecule has 1 aliphatic rings. The van der Waals surface area contributed by atoms with E-state index in [-0.39, 0.29) is 0 Å². The van der Waals surface area contributed by atoms with Gasteiger partial charge in [-0.3, -0.25) is 9.80 Å². The zero-order valence-electron chi connectivity index (χ0n) is 17.4. The zero-order valence-corrected chi connectivity index (χ0v) is 17.4. The number of benzene rings is 2. The minimum atomic E-state index is 0.447. The standard InChI is InChI=1S/C24H30N4O/c1-3-27(18-23-25-24(29-26-23)16-20-10-6-4-7-11-20)22-14-15-28(17-22)19(2)21-12-8-5-9-13-21/h4-13,19,22H,3,14-18H2,1-2H3. The second-order valence-corrected chi connectivity index (χ2v) is 7.85. The highest BCUT2D eigenvalue weighted by molar-refractivity contribution is 5.19. The summed E-state index contributed by atoms with van der Waals surface area (Å²) in [7, 11) is 0. The van der Waals surface area contributed by atoms with Crippen LogP contribution in [0.5, 0.6) is 0 Å². The molecule has 1 saturated heterocycles. The first-order valence-corrected chi connectivity index (χ1v) is 10.6. The maximum atomic E-state index is 5.50. The van der Waals surface area contributed by atoms with Crippen molar-refractivity contribution in [1.29, 1.82) is 0 Å². The van der Waals surface area contributed by atoms with Crippen LogP contribution in [-0.4, -0.2) is 45.6 Å². The van der Waals surface area contributed by atoms with Crippen LogP contribution in [0.4, 0.5) is 0 Å². The highest BCUT2D eigenvalue weighted by atomic mass is 16.5. The monoisotopic (exact) mass is 390 g/mol. The minimum absolute atomic E-state index is 0.447. The van der Waals surface area contributed by atoms with Crippen molar-refractivity contribution in [1.82, 2.24) is 19.9 Å². The van der Waals surface area contributed by atoms with E-state index in [1.807, 2.05) is 18.2 Å². The molecule has 0 N–H and O–H groups in total. The molecular formula is C24H30N4O. The van der Waals surface area contributed by atoms with Crippen LogP contribution in [0.3, 0.4) is 0 Å². The molecule has 2 aromatic carbocycles.